The highest BCUT2D eigenvalue weighted by atomic mass is 16.5. The van der Waals surface area contributed by atoms with Crippen molar-refractivity contribution in [1.29, 1.82) is 5.41 Å². The Balaban J connectivity index is 1.63. The number of ether oxygens (including phenoxy) is 2. The van der Waals surface area contributed by atoms with Gasteiger partial charge >= 0.3 is 0 Å². The average Bonchev–Trinajstić information content (AvgIpc) is 2.77. The number of aryl methyl sites for hydroxylation is 1. The van der Waals surface area contributed by atoms with Crippen molar-refractivity contribution in [1.82, 2.24) is 9.97 Å². The Hall–Kier alpha value is -3.29. The SMILES string of the molecule is CNc1cc(C=N)c(Nc2ccnc(C)c2)c(COCCOCc2ccccc2)n1. The minimum Gasteiger partial charge on any atom is -0.374 e. The van der Waals surface area contributed by atoms with Gasteiger partial charge in [-0.25, -0.2) is 4.98 Å². The van der Waals surface area contributed by atoms with Gasteiger partial charge in [-0.05, 0) is 30.7 Å². The summed E-state index contributed by atoms with van der Waals surface area (Å²) in [5.74, 6) is 0.684. The molecule has 1 aromatic carbocycles. The predicted molar refractivity (Wildman–Crippen MR) is 120 cm³/mol. The van der Waals surface area contributed by atoms with Crippen molar-refractivity contribution in [2.24, 2.45) is 0 Å². The van der Waals surface area contributed by atoms with Gasteiger partial charge in [0.25, 0.3) is 0 Å². The smallest absolute Gasteiger partial charge is 0.126 e. The zero-order valence-electron chi connectivity index (χ0n) is 17.3. The lowest BCUT2D eigenvalue weighted by atomic mass is 10.1. The lowest BCUT2D eigenvalue weighted by molar-refractivity contribution is 0.0331. The van der Waals surface area contributed by atoms with E-state index in [1.807, 2.05) is 55.5 Å². The van der Waals surface area contributed by atoms with E-state index in [2.05, 4.69) is 20.6 Å². The van der Waals surface area contributed by atoms with Crippen molar-refractivity contribution in [3.63, 3.8) is 0 Å². The highest BCUT2D eigenvalue weighted by Crippen LogP contribution is 2.26. The molecule has 0 fully saturated rings. The maximum atomic E-state index is 7.82. The monoisotopic (exact) mass is 405 g/mol. The van der Waals surface area contributed by atoms with Crippen LogP contribution < -0.4 is 10.6 Å². The molecular weight excluding hydrogens is 378 g/mol. The maximum absolute atomic E-state index is 7.82. The van der Waals surface area contributed by atoms with Crippen molar-refractivity contribution in [2.75, 3.05) is 30.9 Å². The molecule has 0 spiro atoms. The normalized spacial score (nSPS) is 10.6. The van der Waals surface area contributed by atoms with Crippen molar-refractivity contribution in [2.45, 2.75) is 20.1 Å². The number of pyridine rings is 2. The van der Waals surface area contributed by atoms with Gasteiger partial charge in [-0.1, -0.05) is 30.3 Å². The summed E-state index contributed by atoms with van der Waals surface area (Å²) >= 11 is 0. The zero-order chi connectivity index (χ0) is 21.2. The van der Waals surface area contributed by atoms with Gasteiger partial charge < -0.3 is 25.5 Å². The minimum atomic E-state index is 0.303. The van der Waals surface area contributed by atoms with E-state index in [1.54, 1.807) is 13.2 Å². The van der Waals surface area contributed by atoms with E-state index in [0.717, 1.165) is 33.9 Å². The Labute approximate surface area is 177 Å². The zero-order valence-corrected chi connectivity index (χ0v) is 17.3. The number of hydrogen-bond donors (Lipinski definition) is 3. The lowest BCUT2D eigenvalue weighted by Crippen LogP contribution is -2.10. The van der Waals surface area contributed by atoms with Crippen LogP contribution in [0.4, 0.5) is 17.2 Å². The number of rotatable bonds is 11. The van der Waals surface area contributed by atoms with Gasteiger partial charge in [-0.2, -0.15) is 0 Å². The predicted octanol–water partition coefficient (Wildman–Crippen LogP) is 4.30. The fourth-order valence-corrected chi connectivity index (χ4v) is 2.93. The summed E-state index contributed by atoms with van der Waals surface area (Å²) in [5, 5.41) is 14.2. The summed E-state index contributed by atoms with van der Waals surface area (Å²) in [6, 6.07) is 15.7. The molecule has 0 unspecified atom stereocenters. The van der Waals surface area contributed by atoms with E-state index in [4.69, 9.17) is 14.9 Å². The van der Waals surface area contributed by atoms with Crippen LogP contribution in [0.1, 0.15) is 22.5 Å². The highest BCUT2D eigenvalue weighted by molar-refractivity contribution is 5.89. The summed E-state index contributed by atoms with van der Waals surface area (Å²) < 4.78 is 11.5. The molecule has 0 aliphatic heterocycles. The molecule has 7 heteroatoms. The van der Waals surface area contributed by atoms with Crippen LogP contribution in [-0.4, -0.2) is 36.4 Å². The Morgan fingerprint density at radius 1 is 1.03 bits per heavy atom. The van der Waals surface area contributed by atoms with Crippen LogP contribution in [0, 0.1) is 12.3 Å². The van der Waals surface area contributed by atoms with Gasteiger partial charge in [0.05, 0.1) is 37.8 Å². The van der Waals surface area contributed by atoms with Gasteiger partial charge in [0.2, 0.25) is 0 Å². The van der Waals surface area contributed by atoms with Crippen LogP contribution >= 0.6 is 0 Å². The van der Waals surface area contributed by atoms with E-state index in [-0.39, 0.29) is 0 Å². The Kier molecular flexibility index (Phi) is 7.88. The molecule has 3 aromatic rings. The molecule has 2 aromatic heterocycles. The highest BCUT2D eigenvalue weighted by Gasteiger charge is 2.12. The molecule has 0 aliphatic rings. The second-order valence-corrected chi connectivity index (χ2v) is 6.71. The quantitative estimate of drug-likeness (QED) is 0.325. The topological polar surface area (TPSA) is 92.2 Å². The van der Waals surface area contributed by atoms with Crippen molar-refractivity contribution in [3.05, 3.63) is 77.2 Å². The third-order valence-corrected chi connectivity index (χ3v) is 4.42. The first-order valence-corrected chi connectivity index (χ1v) is 9.81. The first-order valence-electron chi connectivity index (χ1n) is 9.81. The molecule has 0 bridgehead atoms. The molecule has 0 saturated heterocycles. The first kappa shape index (κ1) is 21.4. The molecule has 3 rings (SSSR count). The summed E-state index contributed by atoms with van der Waals surface area (Å²) in [4.78, 5) is 8.85. The van der Waals surface area contributed by atoms with Gasteiger partial charge in [-0.3, -0.25) is 4.98 Å². The number of hydrogen-bond acceptors (Lipinski definition) is 7. The van der Waals surface area contributed by atoms with E-state index in [1.165, 1.54) is 6.21 Å². The molecule has 0 radical (unpaired) electrons. The molecule has 0 saturated carbocycles. The van der Waals surface area contributed by atoms with Gasteiger partial charge in [0.1, 0.15) is 5.82 Å². The lowest BCUT2D eigenvalue weighted by Gasteiger charge is -2.16. The van der Waals surface area contributed by atoms with Crippen LogP contribution in [0.25, 0.3) is 0 Å². The molecule has 0 amide bonds. The fraction of sp³-hybridized carbons (Fsp3) is 0.261. The molecule has 3 N–H and O–H groups in total. The molecule has 0 aliphatic carbocycles. The number of anilines is 3. The number of benzene rings is 1. The average molecular weight is 406 g/mol. The third-order valence-electron chi connectivity index (χ3n) is 4.42. The molecule has 30 heavy (non-hydrogen) atoms. The van der Waals surface area contributed by atoms with E-state index in [9.17, 15) is 0 Å². The van der Waals surface area contributed by atoms with E-state index >= 15 is 0 Å². The first-order chi connectivity index (χ1) is 14.7. The van der Waals surface area contributed by atoms with Crippen LogP contribution in [0.2, 0.25) is 0 Å². The van der Waals surface area contributed by atoms with Crippen molar-refractivity contribution >= 4 is 23.4 Å². The van der Waals surface area contributed by atoms with E-state index in [0.29, 0.717) is 32.2 Å². The fourth-order valence-electron chi connectivity index (χ4n) is 2.93. The number of aromatic nitrogens is 2. The molecule has 7 nitrogen and oxygen atoms in total. The Morgan fingerprint density at radius 3 is 2.50 bits per heavy atom. The number of nitrogens with zero attached hydrogens (tertiary/aromatic N) is 2. The molecule has 0 atom stereocenters. The van der Waals surface area contributed by atoms with Crippen LogP contribution in [-0.2, 0) is 22.7 Å². The third kappa shape index (κ3) is 6.10. The summed E-state index contributed by atoms with van der Waals surface area (Å²) in [6.45, 7) is 3.74. The molecule has 156 valence electrons. The second kappa shape index (κ2) is 11.0. The van der Waals surface area contributed by atoms with Gasteiger partial charge in [0, 0.05) is 36.4 Å². The Bertz CT molecular complexity index is 963. The van der Waals surface area contributed by atoms with Crippen molar-refractivity contribution < 1.29 is 9.47 Å². The molecule has 2 heterocycles. The summed E-state index contributed by atoms with van der Waals surface area (Å²) in [5.41, 5.74) is 5.12. The van der Waals surface area contributed by atoms with E-state index < -0.39 is 0 Å². The van der Waals surface area contributed by atoms with Crippen molar-refractivity contribution in [3.8, 4) is 0 Å². The summed E-state index contributed by atoms with van der Waals surface area (Å²) in [7, 11) is 1.80. The largest absolute Gasteiger partial charge is 0.374 e. The van der Waals surface area contributed by atoms with Crippen LogP contribution in [0.5, 0.6) is 0 Å². The van der Waals surface area contributed by atoms with Crippen LogP contribution in [0.3, 0.4) is 0 Å². The maximum Gasteiger partial charge on any atom is 0.126 e. The molecular formula is C23H27N5O2. The second-order valence-electron chi connectivity index (χ2n) is 6.71. The summed E-state index contributed by atoms with van der Waals surface area (Å²) in [6.07, 6.45) is 3.06. The standard InChI is InChI=1S/C23H27N5O2/c1-17-12-20(8-9-26-17)27-23-19(14-24)13-22(25-2)28-21(23)16-30-11-10-29-15-18-6-4-3-5-7-18/h3-9,12-14,24H,10-11,15-16H2,1-2H3,(H,25,28)(H,26,27). The minimum absolute atomic E-state index is 0.303. The van der Waals surface area contributed by atoms with Crippen LogP contribution in [0.15, 0.2) is 54.7 Å². The van der Waals surface area contributed by atoms with Gasteiger partial charge in [0.15, 0.2) is 0 Å². The number of nitrogens with one attached hydrogen (secondary N) is 3. The van der Waals surface area contributed by atoms with Gasteiger partial charge in [-0.15, -0.1) is 0 Å². The Morgan fingerprint density at radius 2 is 1.80 bits per heavy atom.